The second-order valence-electron chi connectivity index (χ2n) is 4.83. The summed E-state index contributed by atoms with van der Waals surface area (Å²) >= 11 is 0. The third-order valence-corrected chi connectivity index (χ3v) is 3.30. The number of nitrogens with one attached hydrogen (secondary N) is 1. The van der Waals surface area contributed by atoms with Gasteiger partial charge in [-0.25, -0.2) is 4.39 Å². The smallest absolute Gasteiger partial charge is 0.124 e. The SMILES string of the molecule is N=C(N)c1cc(F)cc(CN2CCC(CO)C2)c1. The predicted octanol–water partition coefficient (Wildman–Crippen LogP) is 0.924. The number of rotatable bonds is 4. The van der Waals surface area contributed by atoms with E-state index in [1.165, 1.54) is 12.1 Å². The van der Waals surface area contributed by atoms with Crippen molar-refractivity contribution < 1.29 is 9.50 Å². The van der Waals surface area contributed by atoms with Crippen molar-refractivity contribution in [2.45, 2.75) is 13.0 Å². The van der Waals surface area contributed by atoms with E-state index < -0.39 is 0 Å². The molecule has 4 nitrogen and oxygen atoms in total. The monoisotopic (exact) mass is 251 g/mol. The Balaban J connectivity index is 2.07. The van der Waals surface area contributed by atoms with E-state index in [1.54, 1.807) is 6.07 Å². The second kappa shape index (κ2) is 5.46. The van der Waals surface area contributed by atoms with Gasteiger partial charge < -0.3 is 10.8 Å². The molecule has 1 atom stereocenters. The topological polar surface area (TPSA) is 73.3 Å². The predicted molar refractivity (Wildman–Crippen MR) is 67.9 cm³/mol. The number of nitrogen functional groups attached to an aromatic ring is 1. The molecule has 0 radical (unpaired) electrons. The number of benzene rings is 1. The Bertz CT molecular complexity index is 450. The number of hydrogen-bond acceptors (Lipinski definition) is 3. The van der Waals surface area contributed by atoms with E-state index in [2.05, 4.69) is 4.90 Å². The fraction of sp³-hybridized carbons (Fsp3) is 0.462. The van der Waals surface area contributed by atoms with Gasteiger partial charge in [0.1, 0.15) is 11.7 Å². The van der Waals surface area contributed by atoms with Gasteiger partial charge in [-0.15, -0.1) is 0 Å². The summed E-state index contributed by atoms with van der Waals surface area (Å²) in [6.07, 6.45) is 0.978. The highest BCUT2D eigenvalue weighted by Gasteiger charge is 2.21. The summed E-state index contributed by atoms with van der Waals surface area (Å²) in [6, 6.07) is 4.49. The van der Waals surface area contributed by atoms with Crippen LogP contribution in [0.2, 0.25) is 0 Å². The summed E-state index contributed by atoms with van der Waals surface area (Å²) in [5, 5.41) is 16.4. The van der Waals surface area contributed by atoms with E-state index in [1.807, 2.05) is 0 Å². The maximum Gasteiger partial charge on any atom is 0.124 e. The number of hydrogen-bond donors (Lipinski definition) is 3. The van der Waals surface area contributed by atoms with E-state index in [9.17, 15) is 4.39 Å². The molecule has 1 aliphatic rings. The van der Waals surface area contributed by atoms with Gasteiger partial charge in [0.05, 0.1) is 0 Å². The first-order chi connectivity index (χ1) is 8.58. The molecule has 2 rings (SSSR count). The zero-order valence-electron chi connectivity index (χ0n) is 10.2. The molecule has 1 aromatic rings. The van der Waals surface area contributed by atoms with Crippen molar-refractivity contribution >= 4 is 5.84 Å². The molecule has 5 heteroatoms. The summed E-state index contributed by atoms with van der Waals surface area (Å²) in [5.41, 5.74) is 6.61. The fourth-order valence-electron chi connectivity index (χ4n) is 2.36. The lowest BCUT2D eigenvalue weighted by molar-refractivity contribution is 0.220. The third-order valence-electron chi connectivity index (χ3n) is 3.30. The third kappa shape index (κ3) is 3.05. The van der Waals surface area contributed by atoms with Gasteiger partial charge in [-0.3, -0.25) is 10.3 Å². The van der Waals surface area contributed by atoms with E-state index in [0.29, 0.717) is 18.0 Å². The number of nitrogens with zero attached hydrogens (tertiary/aromatic N) is 1. The van der Waals surface area contributed by atoms with Crippen molar-refractivity contribution in [3.8, 4) is 0 Å². The largest absolute Gasteiger partial charge is 0.396 e. The quantitative estimate of drug-likeness (QED) is 0.550. The lowest BCUT2D eigenvalue weighted by atomic mass is 10.1. The number of aliphatic hydroxyl groups is 1. The number of nitrogens with two attached hydrogens (primary N) is 1. The van der Waals surface area contributed by atoms with Crippen LogP contribution in [0, 0.1) is 17.1 Å². The summed E-state index contributed by atoms with van der Waals surface area (Å²) in [6.45, 7) is 2.59. The average molecular weight is 251 g/mol. The molecular weight excluding hydrogens is 233 g/mol. The van der Waals surface area contributed by atoms with Gasteiger partial charge in [-0.2, -0.15) is 0 Å². The highest BCUT2D eigenvalue weighted by molar-refractivity contribution is 5.95. The standard InChI is InChI=1S/C13H18FN3O/c14-12-4-10(3-11(5-12)13(15)16)7-17-2-1-9(6-17)8-18/h3-5,9,18H,1-2,6-8H2,(H3,15,16). The average Bonchev–Trinajstić information content (AvgIpc) is 2.76. The summed E-state index contributed by atoms with van der Waals surface area (Å²) in [7, 11) is 0. The Morgan fingerprint density at radius 2 is 2.28 bits per heavy atom. The number of aliphatic hydroxyl groups excluding tert-OH is 1. The van der Waals surface area contributed by atoms with Crippen molar-refractivity contribution in [3.63, 3.8) is 0 Å². The lowest BCUT2D eigenvalue weighted by Crippen LogP contribution is -2.21. The molecule has 1 aliphatic heterocycles. The number of likely N-dealkylation sites (tertiary alicyclic amines) is 1. The fourth-order valence-corrected chi connectivity index (χ4v) is 2.36. The van der Waals surface area contributed by atoms with Crippen LogP contribution >= 0.6 is 0 Å². The molecule has 0 amide bonds. The minimum Gasteiger partial charge on any atom is -0.396 e. The molecule has 1 saturated heterocycles. The lowest BCUT2D eigenvalue weighted by Gasteiger charge is -2.16. The molecule has 18 heavy (non-hydrogen) atoms. The minimum atomic E-state index is -0.365. The van der Waals surface area contributed by atoms with Crippen molar-refractivity contribution in [3.05, 3.63) is 35.1 Å². The van der Waals surface area contributed by atoms with E-state index >= 15 is 0 Å². The van der Waals surface area contributed by atoms with Gasteiger partial charge in [0.25, 0.3) is 0 Å². The van der Waals surface area contributed by atoms with Gasteiger partial charge in [-0.1, -0.05) is 0 Å². The summed E-state index contributed by atoms with van der Waals surface area (Å²) in [5.74, 6) is -0.160. The Morgan fingerprint density at radius 1 is 1.50 bits per heavy atom. The maximum absolute atomic E-state index is 13.4. The van der Waals surface area contributed by atoms with Crippen LogP contribution in [0.1, 0.15) is 17.5 Å². The van der Waals surface area contributed by atoms with Crippen LogP contribution in [0.3, 0.4) is 0 Å². The molecule has 1 fully saturated rings. The molecule has 0 aromatic heterocycles. The van der Waals surface area contributed by atoms with E-state index in [-0.39, 0.29) is 18.3 Å². The number of amidine groups is 1. The van der Waals surface area contributed by atoms with Gasteiger partial charge in [0, 0.05) is 25.3 Å². The molecule has 0 aliphatic carbocycles. The van der Waals surface area contributed by atoms with Crippen LogP contribution in [-0.2, 0) is 6.54 Å². The second-order valence-corrected chi connectivity index (χ2v) is 4.83. The van der Waals surface area contributed by atoms with Crippen LogP contribution in [0.5, 0.6) is 0 Å². The normalized spacial score (nSPS) is 20.2. The summed E-state index contributed by atoms with van der Waals surface area (Å²) in [4.78, 5) is 2.18. The first-order valence-corrected chi connectivity index (χ1v) is 6.05. The first kappa shape index (κ1) is 13.0. The Hall–Kier alpha value is -1.46. The van der Waals surface area contributed by atoms with Gasteiger partial charge >= 0.3 is 0 Å². The zero-order valence-corrected chi connectivity index (χ0v) is 10.2. The molecule has 98 valence electrons. The van der Waals surface area contributed by atoms with Crippen LogP contribution in [0.4, 0.5) is 4.39 Å². The van der Waals surface area contributed by atoms with E-state index in [0.717, 1.165) is 25.1 Å². The Kier molecular flexibility index (Phi) is 3.93. The molecule has 0 bridgehead atoms. The first-order valence-electron chi connectivity index (χ1n) is 6.05. The molecule has 4 N–H and O–H groups in total. The van der Waals surface area contributed by atoms with Crippen molar-refractivity contribution in [1.82, 2.24) is 4.90 Å². The van der Waals surface area contributed by atoms with Crippen LogP contribution in [0.25, 0.3) is 0 Å². The highest BCUT2D eigenvalue weighted by Crippen LogP contribution is 2.19. The minimum absolute atomic E-state index is 0.120. The van der Waals surface area contributed by atoms with Crippen LogP contribution in [0.15, 0.2) is 18.2 Å². The van der Waals surface area contributed by atoms with Gasteiger partial charge in [0.2, 0.25) is 0 Å². The highest BCUT2D eigenvalue weighted by atomic mass is 19.1. The van der Waals surface area contributed by atoms with Crippen molar-refractivity contribution in [2.24, 2.45) is 11.7 Å². The zero-order chi connectivity index (χ0) is 13.1. The molecule has 0 saturated carbocycles. The van der Waals surface area contributed by atoms with Crippen LogP contribution < -0.4 is 5.73 Å². The number of halogens is 1. The van der Waals surface area contributed by atoms with Crippen molar-refractivity contribution in [1.29, 1.82) is 5.41 Å². The molecule has 1 aromatic carbocycles. The van der Waals surface area contributed by atoms with Gasteiger partial charge in [0.15, 0.2) is 0 Å². The Labute approximate surface area is 106 Å². The molecule has 0 spiro atoms. The molecule has 1 heterocycles. The van der Waals surface area contributed by atoms with Gasteiger partial charge in [-0.05, 0) is 42.6 Å². The Morgan fingerprint density at radius 3 is 2.89 bits per heavy atom. The van der Waals surface area contributed by atoms with E-state index in [4.69, 9.17) is 16.2 Å². The molecular formula is C13H18FN3O. The van der Waals surface area contributed by atoms with Crippen LogP contribution in [-0.4, -0.2) is 35.5 Å². The van der Waals surface area contributed by atoms with Crippen molar-refractivity contribution in [2.75, 3.05) is 19.7 Å². The summed E-state index contributed by atoms with van der Waals surface area (Å²) < 4.78 is 13.4. The molecule has 1 unspecified atom stereocenters. The maximum atomic E-state index is 13.4.